The van der Waals surface area contributed by atoms with Crippen molar-refractivity contribution < 1.29 is 8.98 Å². The van der Waals surface area contributed by atoms with Gasteiger partial charge in [-0.25, -0.2) is 4.57 Å². The topological polar surface area (TPSA) is 21.4 Å². The van der Waals surface area contributed by atoms with Crippen LogP contribution in [0.15, 0.2) is 95.7 Å². The molecule has 0 atom stereocenters. The molecule has 3 aromatic heterocycles. The smallest absolute Gasteiger partial charge is 0.294 e. The van der Waals surface area contributed by atoms with E-state index in [2.05, 4.69) is 114 Å². The predicted octanol–water partition coefficient (Wildman–Crippen LogP) is 7.58. The van der Waals surface area contributed by atoms with Gasteiger partial charge in [0, 0.05) is 27.6 Å². The molecule has 0 fully saturated rings. The van der Waals surface area contributed by atoms with Crippen LogP contribution in [0.5, 0.6) is 0 Å². The van der Waals surface area contributed by atoms with Crippen LogP contribution < -0.4 is 4.57 Å². The van der Waals surface area contributed by atoms with Gasteiger partial charge in [-0.2, -0.15) is 4.40 Å². The van der Waals surface area contributed by atoms with E-state index in [-0.39, 0.29) is 0 Å². The molecule has 8 aromatic rings. The Kier molecular flexibility index (Phi) is 3.27. The first kappa shape index (κ1) is 18.1. The Bertz CT molecular complexity index is 2140. The standard InChI is InChI=1S/C31H21N2O/c1-18-6-5-9-22-24-16-26-25-15-23-20(11-10-19-7-3-4-8-21(19)23)14-28(25)34-29(26)17-27(24)33-13-12-32(2)31(33)30(18)22/h3-17H,1-2H3/q+1. The molecule has 0 aliphatic rings. The Hall–Kier alpha value is -4.37. The number of furan rings is 1. The maximum atomic E-state index is 6.45. The fraction of sp³-hybridized carbons (Fsp3) is 0.0645. The number of aryl methyl sites for hydroxylation is 2. The number of aromatic nitrogens is 2. The van der Waals surface area contributed by atoms with Crippen LogP contribution in [0, 0.1) is 6.92 Å². The van der Waals surface area contributed by atoms with Crippen LogP contribution in [0.1, 0.15) is 5.56 Å². The summed E-state index contributed by atoms with van der Waals surface area (Å²) in [7, 11) is 2.11. The minimum atomic E-state index is 0.923. The van der Waals surface area contributed by atoms with E-state index in [1.54, 1.807) is 0 Å². The van der Waals surface area contributed by atoms with E-state index >= 15 is 0 Å². The molecule has 0 unspecified atom stereocenters. The van der Waals surface area contributed by atoms with Crippen LogP contribution in [0.2, 0.25) is 0 Å². The zero-order valence-corrected chi connectivity index (χ0v) is 19.0. The predicted molar refractivity (Wildman–Crippen MR) is 141 cm³/mol. The number of hydrogen-bond acceptors (Lipinski definition) is 1. The highest BCUT2D eigenvalue weighted by molar-refractivity contribution is 6.21. The summed E-state index contributed by atoms with van der Waals surface area (Å²) >= 11 is 0. The van der Waals surface area contributed by atoms with Gasteiger partial charge in [-0.15, -0.1) is 0 Å². The van der Waals surface area contributed by atoms with Crippen LogP contribution in [-0.4, -0.2) is 4.40 Å². The van der Waals surface area contributed by atoms with Crippen molar-refractivity contribution >= 4 is 70.8 Å². The van der Waals surface area contributed by atoms with Gasteiger partial charge in [-0.1, -0.05) is 54.6 Å². The van der Waals surface area contributed by atoms with Crippen molar-refractivity contribution in [1.29, 1.82) is 0 Å². The van der Waals surface area contributed by atoms with Crippen molar-refractivity contribution in [1.82, 2.24) is 4.40 Å². The van der Waals surface area contributed by atoms with E-state index in [1.807, 2.05) is 0 Å². The van der Waals surface area contributed by atoms with E-state index in [4.69, 9.17) is 4.42 Å². The summed E-state index contributed by atoms with van der Waals surface area (Å²) in [5, 5.41) is 11.2. The third kappa shape index (κ3) is 2.19. The molecule has 3 nitrogen and oxygen atoms in total. The van der Waals surface area contributed by atoms with Crippen LogP contribution >= 0.6 is 0 Å². The van der Waals surface area contributed by atoms with Crippen molar-refractivity contribution in [3.8, 4) is 0 Å². The van der Waals surface area contributed by atoms with Crippen molar-refractivity contribution in [3.63, 3.8) is 0 Å². The molecule has 3 heteroatoms. The minimum Gasteiger partial charge on any atom is -0.456 e. The lowest BCUT2D eigenvalue weighted by Crippen LogP contribution is -2.26. The average Bonchev–Trinajstić information content (AvgIpc) is 3.41. The van der Waals surface area contributed by atoms with Gasteiger partial charge in [-0.05, 0) is 52.2 Å². The summed E-state index contributed by atoms with van der Waals surface area (Å²) in [6, 6.07) is 28.6. The Morgan fingerprint density at radius 1 is 0.676 bits per heavy atom. The summed E-state index contributed by atoms with van der Waals surface area (Å²) < 4.78 is 10.9. The Labute approximate surface area is 195 Å². The first-order valence-corrected chi connectivity index (χ1v) is 11.7. The lowest BCUT2D eigenvalue weighted by Gasteiger charge is -2.07. The van der Waals surface area contributed by atoms with Crippen molar-refractivity contribution in [2.45, 2.75) is 6.92 Å². The van der Waals surface area contributed by atoms with Gasteiger partial charge in [0.2, 0.25) is 0 Å². The molecule has 0 saturated carbocycles. The molecule has 0 radical (unpaired) electrons. The lowest BCUT2D eigenvalue weighted by molar-refractivity contribution is -0.643. The molecule has 8 rings (SSSR count). The number of hydrogen-bond donors (Lipinski definition) is 0. The number of rotatable bonds is 0. The number of fused-ring (bicyclic) bond motifs is 12. The molecule has 0 N–H and O–H groups in total. The van der Waals surface area contributed by atoms with Gasteiger partial charge >= 0.3 is 0 Å². The van der Waals surface area contributed by atoms with Crippen LogP contribution in [0.4, 0.5) is 0 Å². The Balaban J connectivity index is 1.60. The second-order valence-corrected chi connectivity index (χ2v) is 9.42. The molecular weight excluding hydrogens is 416 g/mol. The summed E-state index contributed by atoms with van der Waals surface area (Å²) in [5.74, 6) is 0. The summed E-state index contributed by atoms with van der Waals surface area (Å²) in [6.07, 6.45) is 4.28. The van der Waals surface area contributed by atoms with Crippen LogP contribution in [-0.2, 0) is 7.05 Å². The van der Waals surface area contributed by atoms with Crippen LogP contribution in [0.3, 0.4) is 0 Å². The van der Waals surface area contributed by atoms with Crippen LogP contribution in [0.25, 0.3) is 70.8 Å². The fourth-order valence-corrected chi connectivity index (χ4v) is 5.88. The molecule has 0 aliphatic carbocycles. The molecule has 5 aromatic carbocycles. The first-order valence-electron chi connectivity index (χ1n) is 11.7. The molecule has 0 saturated heterocycles. The highest BCUT2D eigenvalue weighted by Gasteiger charge is 2.21. The molecular formula is C31H21N2O+. The molecule has 0 bridgehead atoms. The number of imidazole rings is 1. The summed E-state index contributed by atoms with van der Waals surface area (Å²) in [4.78, 5) is 0. The van der Waals surface area contributed by atoms with Gasteiger partial charge in [0.15, 0.2) is 0 Å². The average molecular weight is 438 g/mol. The zero-order valence-electron chi connectivity index (χ0n) is 19.0. The third-order valence-electron chi connectivity index (χ3n) is 7.50. The van der Waals surface area contributed by atoms with Gasteiger partial charge < -0.3 is 4.42 Å². The van der Waals surface area contributed by atoms with Gasteiger partial charge in [-0.3, -0.25) is 0 Å². The molecule has 34 heavy (non-hydrogen) atoms. The maximum Gasteiger partial charge on any atom is 0.294 e. The van der Waals surface area contributed by atoms with Crippen molar-refractivity contribution in [3.05, 3.63) is 96.8 Å². The maximum absolute atomic E-state index is 6.45. The highest BCUT2D eigenvalue weighted by atomic mass is 16.3. The quantitative estimate of drug-likeness (QED) is 0.177. The number of pyridine rings is 1. The van der Waals surface area contributed by atoms with Crippen molar-refractivity contribution in [2.75, 3.05) is 0 Å². The fourth-order valence-electron chi connectivity index (χ4n) is 5.88. The second-order valence-electron chi connectivity index (χ2n) is 9.42. The molecule has 0 aliphatic heterocycles. The number of nitrogens with zero attached hydrogens (tertiary/aromatic N) is 2. The zero-order chi connectivity index (χ0) is 22.6. The highest BCUT2D eigenvalue weighted by Crippen LogP contribution is 2.39. The van der Waals surface area contributed by atoms with E-state index < -0.39 is 0 Å². The monoisotopic (exact) mass is 437 g/mol. The van der Waals surface area contributed by atoms with E-state index in [9.17, 15) is 0 Å². The Morgan fingerprint density at radius 2 is 1.44 bits per heavy atom. The van der Waals surface area contributed by atoms with E-state index in [0.29, 0.717) is 0 Å². The molecule has 3 heterocycles. The van der Waals surface area contributed by atoms with E-state index in [1.165, 1.54) is 54.3 Å². The molecule has 160 valence electrons. The molecule has 0 amide bonds. The van der Waals surface area contributed by atoms with E-state index in [0.717, 1.165) is 22.1 Å². The first-order chi connectivity index (χ1) is 16.7. The van der Waals surface area contributed by atoms with Crippen molar-refractivity contribution in [2.24, 2.45) is 7.05 Å². The minimum absolute atomic E-state index is 0.923. The van der Waals surface area contributed by atoms with Gasteiger partial charge in [0.05, 0.1) is 12.4 Å². The largest absolute Gasteiger partial charge is 0.456 e. The summed E-state index contributed by atoms with van der Waals surface area (Å²) in [6.45, 7) is 2.20. The SMILES string of the molecule is Cc1cccc2c3cc4c(cc3n3cc[n+](C)c3c12)oc1cc2ccc3ccccc3c2cc14. The van der Waals surface area contributed by atoms with Gasteiger partial charge in [0.1, 0.15) is 29.1 Å². The normalized spacial score (nSPS) is 12.4. The summed E-state index contributed by atoms with van der Waals surface area (Å²) in [5.41, 5.74) is 5.51. The Morgan fingerprint density at radius 3 is 2.35 bits per heavy atom. The lowest BCUT2D eigenvalue weighted by atomic mass is 9.98. The van der Waals surface area contributed by atoms with Gasteiger partial charge in [0.25, 0.3) is 5.65 Å². The number of benzene rings is 5. The second kappa shape index (κ2) is 6.15. The molecule has 0 spiro atoms. The third-order valence-corrected chi connectivity index (χ3v) is 7.50.